The fourth-order valence-corrected chi connectivity index (χ4v) is 3.92. The molecule has 0 fully saturated rings. The molecule has 0 aliphatic carbocycles. The van der Waals surface area contributed by atoms with E-state index in [-0.39, 0.29) is 18.3 Å². The van der Waals surface area contributed by atoms with Crippen LogP contribution in [0.15, 0.2) is 53.4 Å². The standard InChI is InChI=1S/C23H25N3O3S/c1-15-10-11-16(2)20(12-15)24-21(27)13-29-22(28)14-30-23-17(3)25-26(18(23)4)19-8-6-5-7-9-19/h5-12H,13-14H2,1-4H3,(H,24,27). The lowest BCUT2D eigenvalue weighted by Crippen LogP contribution is -2.22. The summed E-state index contributed by atoms with van der Waals surface area (Å²) in [6.07, 6.45) is 0. The van der Waals surface area contributed by atoms with Crippen LogP contribution < -0.4 is 5.32 Å². The molecule has 0 spiro atoms. The number of amides is 1. The molecule has 7 heteroatoms. The molecule has 1 aromatic heterocycles. The Kier molecular flexibility index (Phi) is 6.95. The second kappa shape index (κ2) is 9.63. The number of hydrogen-bond donors (Lipinski definition) is 1. The molecule has 3 aromatic rings. The van der Waals surface area contributed by atoms with E-state index in [4.69, 9.17) is 4.74 Å². The molecule has 0 atom stereocenters. The molecule has 0 aliphatic heterocycles. The maximum atomic E-state index is 12.1. The van der Waals surface area contributed by atoms with Crippen LogP contribution in [0.1, 0.15) is 22.5 Å². The smallest absolute Gasteiger partial charge is 0.316 e. The van der Waals surface area contributed by atoms with Gasteiger partial charge in [-0.2, -0.15) is 5.10 Å². The summed E-state index contributed by atoms with van der Waals surface area (Å²) in [7, 11) is 0. The fourth-order valence-electron chi connectivity index (χ4n) is 3.03. The van der Waals surface area contributed by atoms with Gasteiger partial charge in [0.2, 0.25) is 0 Å². The van der Waals surface area contributed by atoms with Crippen molar-refractivity contribution < 1.29 is 14.3 Å². The highest BCUT2D eigenvalue weighted by Crippen LogP contribution is 2.28. The third-order valence-electron chi connectivity index (χ3n) is 4.59. The Balaban J connectivity index is 1.53. The van der Waals surface area contributed by atoms with E-state index < -0.39 is 5.97 Å². The Bertz CT molecular complexity index is 1060. The maximum absolute atomic E-state index is 12.1. The van der Waals surface area contributed by atoms with Crippen molar-refractivity contribution in [2.45, 2.75) is 32.6 Å². The summed E-state index contributed by atoms with van der Waals surface area (Å²) >= 11 is 1.37. The zero-order valence-corrected chi connectivity index (χ0v) is 18.4. The van der Waals surface area contributed by atoms with E-state index in [1.807, 2.05) is 80.9 Å². The van der Waals surface area contributed by atoms with Crippen molar-refractivity contribution in [1.29, 1.82) is 0 Å². The van der Waals surface area contributed by atoms with Gasteiger partial charge in [0.1, 0.15) is 0 Å². The van der Waals surface area contributed by atoms with Crippen molar-refractivity contribution in [3.05, 3.63) is 71.0 Å². The van der Waals surface area contributed by atoms with Crippen molar-refractivity contribution in [3.8, 4) is 5.69 Å². The van der Waals surface area contributed by atoms with Crippen LogP contribution in [0.25, 0.3) is 5.69 Å². The second-order valence-electron chi connectivity index (χ2n) is 7.06. The first-order chi connectivity index (χ1) is 14.3. The van der Waals surface area contributed by atoms with E-state index in [1.54, 1.807) is 0 Å². The Morgan fingerprint density at radius 3 is 2.53 bits per heavy atom. The maximum Gasteiger partial charge on any atom is 0.316 e. The van der Waals surface area contributed by atoms with Crippen LogP contribution in [-0.2, 0) is 14.3 Å². The lowest BCUT2D eigenvalue weighted by molar-refractivity contribution is -0.144. The number of benzene rings is 2. The van der Waals surface area contributed by atoms with Crippen LogP contribution in [-0.4, -0.2) is 34.0 Å². The molecule has 0 radical (unpaired) electrons. The minimum absolute atomic E-state index is 0.110. The van der Waals surface area contributed by atoms with Gasteiger partial charge in [-0.1, -0.05) is 30.3 Å². The van der Waals surface area contributed by atoms with Crippen LogP contribution in [0.5, 0.6) is 0 Å². The number of esters is 1. The molecule has 1 amide bonds. The molecule has 0 saturated carbocycles. The number of para-hydroxylation sites is 1. The minimum Gasteiger partial charge on any atom is -0.455 e. The van der Waals surface area contributed by atoms with Crippen LogP contribution >= 0.6 is 11.8 Å². The molecule has 0 unspecified atom stereocenters. The highest BCUT2D eigenvalue weighted by atomic mass is 32.2. The highest BCUT2D eigenvalue weighted by Gasteiger charge is 2.16. The highest BCUT2D eigenvalue weighted by molar-refractivity contribution is 8.00. The lowest BCUT2D eigenvalue weighted by atomic mass is 10.1. The number of aryl methyl sites for hydroxylation is 3. The molecule has 2 aromatic carbocycles. The van der Waals surface area contributed by atoms with Gasteiger partial charge in [0.25, 0.3) is 5.91 Å². The number of nitrogens with zero attached hydrogens (tertiary/aromatic N) is 2. The largest absolute Gasteiger partial charge is 0.455 e. The van der Waals surface area contributed by atoms with Crippen LogP contribution in [0.4, 0.5) is 5.69 Å². The average Bonchev–Trinajstić information content (AvgIpc) is 3.02. The number of hydrogen-bond acceptors (Lipinski definition) is 5. The topological polar surface area (TPSA) is 73.2 Å². The van der Waals surface area contributed by atoms with Gasteiger partial charge in [-0.25, -0.2) is 4.68 Å². The quantitative estimate of drug-likeness (QED) is 0.451. The minimum atomic E-state index is -0.442. The summed E-state index contributed by atoms with van der Waals surface area (Å²) in [5.74, 6) is -0.687. The molecule has 0 saturated heterocycles. The first-order valence-corrected chi connectivity index (χ1v) is 10.6. The van der Waals surface area contributed by atoms with Crippen molar-refractivity contribution in [2.24, 2.45) is 0 Å². The third-order valence-corrected chi connectivity index (χ3v) is 5.85. The van der Waals surface area contributed by atoms with E-state index in [1.165, 1.54) is 11.8 Å². The van der Waals surface area contributed by atoms with Gasteiger partial charge in [-0.3, -0.25) is 9.59 Å². The van der Waals surface area contributed by atoms with Crippen molar-refractivity contribution >= 4 is 29.3 Å². The van der Waals surface area contributed by atoms with Gasteiger partial charge in [0, 0.05) is 5.69 Å². The summed E-state index contributed by atoms with van der Waals surface area (Å²) in [4.78, 5) is 25.2. The van der Waals surface area contributed by atoms with Crippen LogP contribution in [0, 0.1) is 27.7 Å². The van der Waals surface area contributed by atoms with Gasteiger partial charge in [-0.15, -0.1) is 11.8 Å². The first kappa shape index (κ1) is 21.6. The zero-order chi connectivity index (χ0) is 21.7. The fraction of sp³-hybridized carbons (Fsp3) is 0.261. The molecule has 1 heterocycles. The molecular formula is C23H25N3O3S. The van der Waals surface area contributed by atoms with Crippen molar-refractivity contribution in [1.82, 2.24) is 9.78 Å². The van der Waals surface area contributed by atoms with E-state index in [9.17, 15) is 9.59 Å². The molecule has 3 rings (SSSR count). The zero-order valence-electron chi connectivity index (χ0n) is 17.6. The van der Waals surface area contributed by atoms with Gasteiger partial charge >= 0.3 is 5.97 Å². The summed E-state index contributed by atoms with van der Waals surface area (Å²) < 4.78 is 7.00. The normalized spacial score (nSPS) is 10.7. The average molecular weight is 424 g/mol. The first-order valence-electron chi connectivity index (χ1n) is 9.62. The predicted octanol–water partition coefficient (Wildman–Crippen LogP) is 4.38. The second-order valence-corrected chi connectivity index (χ2v) is 8.05. The third kappa shape index (κ3) is 5.30. The van der Waals surface area contributed by atoms with Gasteiger partial charge in [0.05, 0.1) is 27.7 Å². The monoisotopic (exact) mass is 423 g/mol. The Hall–Kier alpha value is -3.06. The van der Waals surface area contributed by atoms with E-state index in [2.05, 4.69) is 10.4 Å². The SMILES string of the molecule is Cc1ccc(C)c(NC(=O)COC(=O)CSc2c(C)nn(-c3ccccc3)c2C)c1. The summed E-state index contributed by atoms with van der Waals surface area (Å²) in [6, 6.07) is 15.6. The van der Waals surface area contributed by atoms with Crippen LogP contribution in [0.3, 0.4) is 0 Å². The van der Waals surface area contributed by atoms with Gasteiger partial charge in [-0.05, 0) is 57.0 Å². The number of anilines is 1. The molecule has 156 valence electrons. The Morgan fingerprint density at radius 1 is 1.07 bits per heavy atom. The number of carbonyl (C=O) groups excluding carboxylic acids is 2. The summed E-state index contributed by atoms with van der Waals surface area (Å²) in [5.41, 5.74) is 5.51. The van der Waals surface area contributed by atoms with Crippen molar-refractivity contribution in [3.63, 3.8) is 0 Å². The Labute approximate surface area is 180 Å². The number of nitrogens with one attached hydrogen (secondary N) is 1. The summed E-state index contributed by atoms with van der Waals surface area (Å²) in [5, 5.41) is 7.36. The molecule has 0 bridgehead atoms. The van der Waals surface area contributed by atoms with Crippen LogP contribution in [0.2, 0.25) is 0 Å². The van der Waals surface area contributed by atoms with Gasteiger partial charge in [0.15, 0.2) is 6.61 Å². The van der Waals surface area contributed by atoms with E-state index in [0.717, 1.165) is 38.8 Å². The van der Waals surface area contributed by atoms with E-state index >= 15 is 0 Å². The number of rotatable bonds is 7. The summed E-state index contributed by atoms with van der Waals surface area (Å²) in [6.45, 7) is 7.44. The molecular weight excluding hydrogens is 398 g/mol. The number of thioether (sulfide) groups is 1. The number of carbonyl (C=O) groups is 2. The molecule has 1 N–H and O–H groups in total. The van der Waals surface area contributed by atoms with Gasteiger partial charge < -0.3 is 10.1 Å². The Morgan fingerprint density at radius 2 is 1.80 bits per heavy atom. The number of aromatic nitrogens is 2. The number of ether oxygens (including phenoxy) is 1. The molecule has 30 heavy (non-hydrogen) atoms. The molecule has 0 aliphatic rings. The predicted molar refractivity (Wildman–Crippen MR) is 119 cm³/mol. The van der Waals surface area contributed by atoms with E-state index in [0.29, 0.717) is 0 Å². The molecule has 6 nitrogen and oxygen atoms in total. The van der Waals surface area contributed by atoms with Crippen molar-refractivity contribution in [2.75, 3.05) is 17.7 Å². The lowest BCUT2D eigenvalue weighted by Gasteiger charge is -2.10.